The van der Waals surface area contributed by atoms with Gasteiger partial charge >= 0.3 is 0 Å². The third-order valence-corrected chi connectivity index (χ3v) is 4.75. The van der Waals surface area contributed by atoms with Crippen LogP contribution >= 0.6 is 11.3 Å². The highest BCUT2D eigenvalue weighted by molar-refractivity contribution is 7.14. The summed E-state index contributed by atoms with van der Waals surface area (Å²) in [6.45, 7) is 1.99. The first-order valence-corrected chi connectivity index (χ1v) is 9.32. The fraction of sp³-hybridized carbons (Fsp3) is 0.200. The Morgan fingerprint density at radius 1 is 0.964 bits per heavy atom. The molecule has 0 radical (unpaired) electrons. The van der Waals surface area contributed by atoms with Crippen LogP contribution in [-0.4, -0.2) is 32.2 Å². The maximum atomic E-state index is 12.6. The molecule has 0 saturated carbocycles. The van der Waals surface area contributed by atoms with Crippen LogP contribution in [0.25, 0.3) is 0 Å². The molecule has 0 atom stereocenters. The van der Waals surface area contributed by atoms with E-state index in [0.29, 0.717) is 33.8 Å². The zero-order valence-corrected chi connectivity index (χ0v) is 16.8. The summed E-state index contributed by atoms with van der Waals surface area (Å²) in [6, 6.07) is 11.0. The van der Waals surface area contributed by atoms with Crippen molar-refractivity contribution in [3.63, 3.8) is 0 Å². The largest absolute Gasteiger partial charge is 0.497 e. The van der Waals surface area contributed by atoms with Gasteiger partial charge in [-0.1, -0.05) is 6.07 Å². The van der Waals surface area contributed by atoms with Crippen LogP contribution in [0.5, 0.6) is 17.2 Å². The fourth-order valence-corrected chi connectivity index (χ4v) is 3.27. The number of methoxy groups -OCH3 is 3. The minimum Gasteiger partial charge on any atom is -0.497 e. The van der Waals surface area contributed by atoms with Gasteiger partial charge in [0.25, 0.3) is 5.91 Å². The lowest BCUT2D eigenvalue weighted by molar-refractivity contribution is 0.102. The van der Waals surface area contributed by atoms with Gasteiger partial charge in [0.2, 0.25) is 0 Å². The van der Waals surface area contributed by atoms with E-state index in [1.165, 1.54) is 18.4 Å². The van der Waals surface area contributed by atoms with Crippen molar-refractivity contribution in [3.8, 4) is 17.2 Å². The molecule has 0 aliphatic carbocycles. The van der Waals surface area contributed by atoms with Gasteiger partial charge < -0.3 is 24.8 Å². The lowest BCUT2D eigenvalue weighted by atomic mass is 10.2. The van der Waals surface area contributed by atoms with E-state index in [2.05, 4.69) is 15.6 Å². The topological polar surface area (TPSA) is 81.7 Å². The van der Waals surface area contributed by atoms with E-state index in [-0.39, 0.29) is 5.91 Å². The minimum absolute atomic E-state index is 0.295. The molecule has 7 nitrogen and oxygen atoms in total. The number of anilines is 3. The Labute approximate surface area is 167 Å². The summed E-state index contributed by atoms with van der Waals surface area (Å²) in [5.74, 6) is 1.51. The maximum Gasteiger partial charge on any atom is 0.275 e. The zero-order chi connectivity index (χ0) is 20.1. The molecule has 1 heterocycles. The highest BCUT2D eigenvalue weighted by atomic mass is 32.1. The Morgan fingerprint density at radius 2 is 1.68 bits per heavy atom. The van der Waals surface area contributed by atoms with Crippen molar-refractivity contribution in [3.05, 3.63) is 53.0 Å². The number of aromatic nitrogens is 1. The summed E-state index contributed by atoms with van der Waals surface area (Å²) >= 11 is 1.33. The monoisotopic (exact) mass is 399 g/mol. The van der Waals surface area contributed by atoms with Crippen molar-refractivity contribution in [1.82, 2.24) is 4.98 Å². The first-order chi connectivity index (χ1) is 13.5. The predicted molar refractivity (Wildman–Crippen MR) is 111 cm³/mol. The number of aryl methyl sites for hydroxylation is 1. The molecule has 2 aromatic carbocycles. The van der Waals surface area contributed by atoms with Gasteiger partial charge in [0.15, 0.2) is 5.13 Å². The number of ether oxygens (including phenoxy) is 3. The van der Waals surface area contributed by atoms with Crippen molar-refractivity contribution in [2.45, 2.75) is 6.92 Å². The average Bonchev–Trinajstić information content (AvgIpc) is 3.16. The molecule has 3 rings (SSSR count). The molecule has 8 heteroatoms. The number of amides is 1. The molecule has 28 heavy (non-hydrogen) atoms. The summed E-state index contributed by atoms with van der Waals surface area (Å²) in [5, 5.41) is 8.29. The van der Waals surface area contributed by atoms with Gasteiger partial charge in [-0.05, 0) is 36.8 Å². The first-order valence-electron chi connectivity index (χ1n) is 8.44. The smallest absolute Gasteiger partial charge is 0.275 e. The van der Waals surface area contributed by atoms with Crippen molar-refractivity contribution < 1.29 is 19.0 Å². The Kier molecular flexibility index (Phi) is 6.00. The van der Waals surface area contributed by atoms with E-state index in [1.807, 2.05) is 25.1 Å². The van der Waals surface area contributed by atoms with Crippen LogP contribution in [-0.2, 0) is 0 Å². The van der Waals surface area contributed by atoms with Crippen LogP contribution in [0.15, 0.2) is 41.8 Å². The quantitative estimate of drug-likeness (QED) is 0.610. The average molecular weight is 399 g/mol. The molecule has 0 unspecified atom stereocenters. The molecular weight excluding hydrogens is 378 g/mol. The van der Waals surface area contributed by atoms with Crippen LogP contribution in [0.2, 0.25) is 0 Å². The Hall–Kier alpha value is -3.26. The number of nitrogens with zero attached hydrogens (tertiary/aromatic N) is 1. The maximum absolute atomic E-state index is 12.6. The van der Waals surface area contributed by atoms with Crippen molar-refractivity contribution in [1.29, 1.82) is 0 Å². The highest BCUT2D eigenvalue weighted by Gasteiger charge is 2.15. The Balaban J connectivity index is 1.77. The van der Waals surface area contributed by atoms with Crippen LogP contribution in [0.4, 0.5) is 16.5 Å². The number of hydrogen-bond acceptors (Lipinski definition) is 7. The summed E-state index contributed by atoms with van der Waals surface area (Å²) < 4.78 is 15.9. The van der Waals surface area contributed by atoms with Crippen LogP contribution in [0.1, 0.15) is 16.1 Å². The number of hydrogen-bond donors (Lipinski definition) is 2. The lowest BCUT2D eigenvalue weighted by Gasteiger charge is -2.11. The molecule has 0 saturated heterocycles. The lowest BCUT2D eigenvalue weighted by Crippen LogP contribution is -2.13. The van der Waals surface area contributed by atoms with E-state index in [9.17, 15) is 4.79 Å². The molecule has 1 amide bonds. The molecule has 0 bridgehead atoms. The number of carbonyl (C=O) groups is 1. The molecule has 0 aliphatic rings. The predicted octanol–water partition coefficient (Wildman–Crippen LogP) is 4.47. The van der Waals surface area contributed by atoms with Gasteiger partial charge in [-0.15, -0.1) is 11.3 Å². The summed E-state index contributed by atoms with van der Waals surface area (Å²) in [6.07, 6.45) is 0. The SMILES string of the molecule is COc1ccc(OC)c(NC(=O)c2csc(Nc3cc(C)ccc3OC)n2)c1. The van der Waals surface area contributed by atoms with Gasteiger partial charge in [-0.3, -0.25) is 4.79 Å². The standard InChI is InChI=1S/C20H21N3O4S/c1-12-5-7-17(26-3)14(9-12)22-20-23-16(11-28-20)19(24)21-15-10-13(25-2)6-8-18(15)27-4/h5-11H,1-4H3,(H,21,24)(H,22,23). The third kappa shape index (κ3) is 4.34. The summed E-state index contributed by atoms with van der Waals surface area (Å²) in [5.41, 5.74) is 2.68. The van der Waals surface area contributed by atoms with E-state index in [0.717, 1.165) is 11.3 Å². The molecule has 146 valence electrons. The van der Waals surface area contributed by atoms with E-state index in [4.69, 9.17) is 14.2 Å². The Bertz CT molecular complexity index is 987. The first kappa shape index (κ1) is 19.5. The Morgan fingerprint density at radius 3 is 2.39 bits per heavy atom. The minimum atomic E-state index is -0.341. The van der Waals surface area contributed by atoms with Gasteiger partial charge in [-0.2, -0.15) is 0 Å². The van der Waals surface area contributed by atoms with Crippen LogP contribution in [0, 0.1) is 6.92 Å². The number of nitrogens with one attached hydrogen (secondary N) is 2. The number of benzene rings is 2. The van der Waals surface area contributed by atoms with Crippen molar-refractivity contribution in [2.75, 3.05) is 32.0 Å². The van der Waals surface area contributed by atoms with Crippen LogP contribution in [0.3, 0.4) is 0 Å². The van der Waals surface area contributed by atoms with Gasteiger partial charge in [-0.25, -0.2) is 4.98 Å². The second-order valence-corrected chi connectivity index (χ2v) is 6.75. The van der Waals surface area contributed by atoms with Gasteiger partial charge in [0, 0.05) is 11.4 Å². The van der Waals surface area contributed by atoms with E-state index >= 15 is 0 Å². The molecule has 1 aromatic heterocycles. The molecule has 0 fully saturated rings. The van der Waals surface area contributed by atoms with Crippen LogP contribution < -0.4 is 24.8 Å². The number of carbonyl (C=O) groups excluding carboxylic acids is 1. The third-order valence-electron chi connectivity index (χ3n) is 3.99. The normalized spacial score (nSPS) is 10.3. The second-order valence-electron chi connectivity index (χ2n) is 5.89. The molecule has 3 aromatic rings. The van der Waals surface area contributed by atoms with Gasteiger partial charge in [0.05, 0.1) is 32.7 Å². The van der Waals surface area contributed by atoms with Crippen molar-refractivity contribution in [2.24, 2.45) is 0 Å². The number of rotatable bonds is 7. The fourth-order valence-electron chi connectivity index (χ4n) is 2.57. The molecular formula is C20H21N3O4S. The van der Waals surface area contributed by atoms with Crippen molar-refractivity contribution >= 4 is 33.8 Å². The van der Waals surface area contributed by atoms with Gasteiger partial charge in [0.1, 0.15) is 22.9 Å². The molecule has 0 aliphatic heterocycles. The number of thiazole rings is 1. The summed E-state index contributed by atoms with van der Waals surface area (Å²) in [4.78, 5) is 17.0. The molecule has 0 spiro atoms. The zero-order valence-electron chi connectivity index (χ0n) is 16.0. The second kappa shape index (κ2) is 8.62. The molecule has 2 N–H and O–H groups in total. The van der Waals surface area contributed by atoms with E-state index < -0.39 is 0 Å². The van der Waals surface area contributed by atoms with E-state index in [1.54, 1.807) is 37.8 Å². The summed E-state index contributed by atoms with van der Waals surface area (Å²) in [7, 11) is 4.71. The highest BCUT2D eigenvalue weighted by Crippen LogP contribution is 2.31.